The molecule has 2 atom stereocenters. The van der Waals surface area contributed by atoms with E-state index in [4.69, 9.17) is 0 Å². The van der Waals surface area contributed by atoms with Gasteiger partial charge in [-0.05, 0) is 48.6 Å². The molecule has 4 nitrogen and oxygen atoms in total. The van der Waals surface area contributed by atoms with Crippen molar-refractivity contribution in [2.75, 3.05) is 11.9 Å². The predicted octanol–water partition coefficient (Wildman–Crippen LogP) is 6.28. The van der Waals surface area contributed by atoms with Gasteiger partial charge in [-0.15, -0.1) is 0 Å². The van der Waals surface area contributed by atoms with Crippen molar-refractivity contribution in [3.8, 4) is 0 Å². The van der Waals surface area contributed by atoms with E-state index in [2.05, 4.69) is 0 Å². The average molecular weight is 448 g/mol. The van der Waals surface area contributed by atoms with Crippen LogP contribution in [-0.4, -0.2) is 24.5 Å². The van der Waals surface area contributed by atoms with Gasteiger partial charge in [-0.3, -0.25) is 14.4 Å². The fourth-order valence-electron chi connectivity index (χ4n) is 3.95. The number of amides is 1. The quantitative estimate of drug-likeness (QED) is 0.425. The van der Waals surface area contributed by atoms with Crippen LogP contribution in [0, 0.1) is 24.2 Å². The molecule has 0 bridgehead atoms. The predicted molar refractivity (Wildman–Crippen MR) is 136 cm³/mol. The van der Waals surface area contributed by atoms with Gasteiger partial charge in [-0.25, -0.2) is 0 Å². The number of carbonyl (C=O) groups excluding carboxylic acids is 3. The first-order valence-electron chi connectivity index (χ1n) is 11.5. The van der Waals surface area contributed by atoms with E-state index < -0.39 is 11.8 Å². The summed E-state index contributed by atoms with van der Waals surface area (Å²) in [6, 6.07) is 17.4. The molecule has 0 heterocycles. The Morgan fingerprint density at radius 2 is 1.52 bits per heavy atom. The molecule has 2 rings (SSSR count). The molecule has 176 valence electrons. The first-order chi connectivity index (χ1) is 15.4. The Bertz CT molecular complexity index is 997. The van der Waals surface area contributed by atoms with Crippen LogP contribution in [-0.2, 0) is 14.4 Å². The highest BCUT2D eigenvalue weighted by molar-refractivity contribution is 6.00. The Kier molecular flexibility index (Phi) is 8.92. The van der Waals surface area contributed by atoms with Crippen molar-refractivity contribution in [2.45, 2.75) is 54.4 Å². The van der Waals surface area contributed by atoms with Crippen molar-refractivity contribution in [3.63, 3.8) is 0 Å². The number of benzene rings is 2. The number of Topliss-reactive ketones (excluding diaryl/α,β-unsaturated/α-hetero) is 1. The zero-order valence-corrected chi connectivity index (χ0v) is 21.0. The van der Waals surface area contributed by atoms with Crippen molar-refractivity contribution in [3.05, 3.63) is 71.8 Å². The normalized spacial score (nSPS) is 13.8. The lowest BCUT2D eigenvalue weighted by Crippen LogP contribution is -2.36. The number of hydrogen-bond acceptors (Lipinski definition) is 3. The highest BCUT2D eigenvalue weighted by Crippen LogP contribution is 2.32. The third-order valence-corrected chi connectivity index (χ3v) is 6.13. The molecule has 0 saturated carbocycles. The molecule has 2 aromatic carbocycles. The number of para-hydroxylation sites is 1. The number of hydrogen-bond donors (Lipinski definition) is 0. The first kappa shape index (κ1) is 26.2. The molecule has 0 saturated heterocycles. The highest BCUT2D eigenvalue weighted by atomic mass is 16.2. The van der Waals surface area contributed by atoms with Gasteiger partial charge in [-0.2, -0.15) is 0 Å². The van der Waals surface area contributed by atoms with Crippen molar-refractivity contribution in [2.24, 2.45) is 17.3 Å². The minimum atomic E-state index is -0.465. The Hall–Kier alpha value is -3.01. The van der Waals surface area contributed by atoms with Crippen molar-refractivity contribution >= 4 is 28.7 Å². The average Bonchev–Trinajstić information content (AvgIpc) is 2.76. The fourth-order valence-corrected chi connectivity index (χ4v) is 3.95. The smallest absolute Gasteiger partial charge is 0.229 e. The molecule has 4 heteroatoms. The second-order valence-corrected chi connectivity index (χ2v) is 10.1. The molecular formula is C29H37NO3. The van der Waals surface area contributed by atoms with E-state index in [1.807, 2.05) is 89.2 Å². The lowest BCUT2D eigenvalue weighted by molar-refractivity contribution is -0.133. The molecule has 0 aliphatic carbocycles. The standard InChI is InChI=1S/C29H37NO3/c1-20-13-15-23(16-14-20)21(2)17-25(31)19-26(29(4,5)6)27(32)18-22(3)28(33)30(7)24-11-9-8-10-12-24/h8-17,22,26H,18-19H2,1-7H3/b21-17+/t22-,26-/m1/s1. The van der Waals surface area contributed by atoms with Crippen LogP contribution in [0.1, 0.15) is 58.6 Å². The van der Waals surface area contributed by atoms with Crippen LogP contribution < -0.4 is 4.90 Å². The topological polar surface area (TPSA) is 54.5 Å². The van der Waals surface area contributed by atoms with Crippen LogP contribution in [0.4, 0.5) is 5.69 Å². The summed E-state index contributed by atoms with van der Waals surface area (Å²) in [5, 5.41) is 0. The van der Waals surface area contributed by atoms with Crippen LogP contribution in [0.3, 0.4) is 0 Å². The second kappa shape index (κ2) is 11.2. The Morgan fingerprint density at radius 1 is 0.939 bits per heavy atom. The monoisotopic (exact) mass is 447 g/mol. The summed E-state index contributed by atoms with van der Waals surface area (Å²) >= 11 is 0. The highest BCUT2D eigenvalue weighted by Gasteiger charge is 2.34. The van der Waals surface area contributed by atoms with Gasteiger partial charge in [0.05, 0.1) is 0 Å². The number of allylic oxidation sites excluding steroid dienone is 2. The van der Waals surface area contributed by atoms with E-state index in [9.17, 15) is 14.4 Å². The van der Waals surface area contributed by atoms with Gasteiger partial charge < -0.3 is 4.90 Å². The zero-order chi connectivity index (χ0) is 24.8. The van der Waals surface area contributed by atoms with E-state index >= 15 is 0 Å². The van der Waals surface area contributed by atoms with Crippen molar-refractivity contribution < 1.29 is 14.4 Å². The number of rotatable bonds is 9. The molecule has 0 aromatic heterocycles. The maximum Gasteiger partial charge on any atom is 0.229 e. The first-order valence-corrected chi connectivity index (χ1v) is 11.5. The molecule has 1 amide bonds. The van der Waals surface area contributed by atoms with Crippen LogP contribution in [0.5, 0.6) is 0 Å². The molecule has 33 heavy (non-hydrogen) atoms. The third kappa shape index (κ3) is 7.52. The molecule has 0 spiro atoms. The summed E-state index contributed by atoms with van der Waals surface area (Å²) in [6.07, 6.45) is 1.89. The number of aryl methyl sites for hydroxylation is 1. The second-order valence-electron chi connectivity index (χ2n) is 10.1. The summed E-state index contributed by atoms with van der Waals surface area (Å²) in [7, 11) is 1.72. The largest absolute Gasteiger partial charge is 0.315 e. The number of ketones is 2. The number of nitrogens with zero attached hydrogens (tertiary/aromatic N) is 1. The molecule has 0 radical (unpaired) electrons. The Balaban J connectivity index is 2.10. The molecule has 0 aliphatic heterocycles. The summed E-state index contributed by atoms with van der Waals surface area (Å²) in [4.78, 5) is 40.6. The lowest BCUT2D eigenvalue weighted by atomic mass is 9.73. The SMILES string of the molecule is C/C(=C\C(=O)C[C@H](C(=O)C[C@@H](C)C(=O)N(C)c1ccccc1)C(C)(C)C)c1ccc(C)cc1. The van der Waals surface area contributed by atoms with E-state index in [-0.39, 0.29) is 35.7 Å². The van der Waals surface area contributed by atoms with Crippen molar-refractivity contribution in [1.29, 1.82) is 0 Å². The maximum atomic E-state index is 13.2. The number of carbonyl (C=O) groups is 3. The van der Waals surface area contributed by atoms with Gasteiger partial charge in [0.2, 0.25) is 5.91 Å². The number of anilines is 1. The van der Waals surface area contributed by atoms with Crippen LogP contribution in [0.25, 0.3) is 5.57 Å². The molecular weight excluding hydrogens is 410 g/mol. The minimum Gasteiger partial charge on any atom is -0.315 e. The van der Waals surface area contributed by atoms with Crippen LogP contribution in [0.2, 0.25) is 0 Å². The van der Waals surface area contributed by atoms with E-state index in [1.165, 1.54) is 0 Å². The van der Waals surface area contributed by atoms with Gasteiger partial charge in [0.15, 0.2) is 5.78 Å². The maximum absolute atomic E-state index is 13.2. The summed E-state index contributed by atoms with van der Waals surface area (Å²) in [6.45, 7) is 11.6. The van der Waals surface area contributed by atoms with Crippen LogP contribution in [0.15, 0.2) is 60.7 Å². The van der Waals surface area contributed by atoms with Gasteiger partial charge in [0.1, 0.15) is 5.78 Å². The van der Waals surface area contributed by atoms with Gasteiger partial charge in [0, 0.05) is 37.4 Å². The molecule has 0 fully saturated rings. The zero-order valence-electron chi connectivity index (χ0n) is 21.0. The fraction of sp³-hybridized carbons (Fsp3) is 0.414. The third-order valence-electron chi connectivity index (χ3n) is 6.13. The van der Waals surface area contributed by atoms with Gasteiger partial charge in [-0.1, -0.05) is 75.7 Å². The Labute approximate surface area is 198 Å². The molecule has 0 N–H and O–H groups in total. The van der Waals surface area contributed by atoms with Crippen LogP contribution >= 0.6 is 0 Å². The molecule has 0 aliphatic rings. The van der Waals surface area contributed by atoms with Crippen molar-refractivity contribution in [1.82, 2.24) is 0 Å². The van der Waals surface area contributed by atoms with Gasteiger partial charge in [0.25, 0.3) is 0 Å². The van der Waals surface area contributed by atoms with E-state index in [0.29, 0.717) is 0 Å². The molecule has 2 aromatic rings. The Morgan fingerprint density at radius 3 is 2.06 bits per heavy atom. The molecule has 0 unspecified atom stereocenters. The summed E-state index contributed by atoms with van der Waals surface area (Å²) < 4.78 is 0. The van der Waals surface area contributed by atoms with E-state index in [1.54, 1.807) is 24.9 Å². The van der Waals surface area contributed by atoms with E-state index in [0.717, 1.165) is 22.4 Å². The summed E-state index contributed by atoms with van der Waals surface area (Å²) in [5.74, 6) is -1.14. The lowest BCUT2D eigenvalue weighted by Gasteiger charge is -2.30. The van der Waals surface area contributed by atoms with Gasteiger partial charge >= 0.3 is 0 Å². The summed E-state index contributed by atoms with van der Waals surface area (Å²) in [5.41, 5.74) is 3.45. The minimum absolute atomic E-state index is 0.0421.